The van der Waals surface area contributed by atoms with Crippen LogP contribution in [-0.4, -0.2) is 46.9 Å². The van der Waals surface area contributed by atoms with Crippen LogP contribution in [0.2, 0.25) is 0 Å². The average molecular weight is 297 g/mol. The number of hydrogen-bond acceptors (Lipinski definition) is 3. The van der Waals surface area contributed by atoms with E-state index in [1.807, 2.05) is 0 Å². The molecule has 5 nitrogen and oxygen atoms in total. The number of hydrogen-bond donors (Lipinski definition) is 1. The molecular formula is C12H18F3NO4. The smallest absolute Gasteiger partial charge is 0.410 e. The Morgan fingerprint density at radius 3 is 2.10 bits per heavy atom. The van der Waals surface area contributed by atoms with Gasteiger partial charge in [-0.1, -0.05) is 0 Å². The van der Waals surface area contributed by atoms with Gasteiger partial charge < -0.3 is 14.7 Å². The summed E-state index contributed by atoms with van der Waals surface area (Å²) in [5.74, 6) is -3.27. The first-order chi connectivity index (χ1) is 8.78. The van der Waals surface area contributed by atoms with E-state index in [-0.39, 0.29) is 0 Å². The maximum absolute atomic E-state index is 13.1. The maximum atomic E-state index is 13.1. The van der Waals surface area contributed by atoms with E-state index in [9.17, 15) is 22.8 Å². The molecular weight excluding hydrogens is 279 g/mol. The zero-order chi connectivity index (χ0) is 15.9. The van der Waals surface area contributed by atoms with Crippen molar-refractivity contribution in [1.29, 1.82) is 0 Å². The molecule has 0 radical (unpaired) electrons. The molecule has 0 saturated carbocycles. The molecule has 1 aliphatic heterocycles. The Balaban J connectivity index is 2.98. The number of amides is 1. The summed E-state index contributed by atoms with van der Waals surface area (Å²) in [5, 5.41) is 8.97. The van der Waals surface area contributed by atoms with Gasteiger partial charge in [0.15, 0.2) is 0 Å². The highest BCUT2D eigenvalue weighted by Gasteiger charge is 2.63. The molecule has 1 rings (SSSR count). The number of likely N-dealkylation sites (tertiary alicyclic amines) is 1. The summed E-state index contributed by atoms with van der Waals surface area (Å²) in [6.07, 6.45) is -5.65. The van der Waals surface area contributed by atoms with E-state index < -0.39 is 48.3 Å². The molecule has 2 atom stereocenters. The number of carboxylic acid groups (broad SMARTS) is 1. The SMILES string of the molecule is CC(C)(C)OC(=O)N1C[C@H](C(=O)O)[C@](C)(C(F)(F)F)C1. The second kappa shape index (κ2) is 4.82. The van der Waals surface area contributed by atoms with Crippen LogP contribution in [0.4, 0.5) is 18.0 Å². The molecule has 0 aromatic rings. The monoisotopic (exact) mass is 297 g/mol. The van der Waals surface area contributed by atoms with Gasteiger partial charge in [-0.2, -0.15) is 13.2 Å². The molecule has 116 valence electrons. The van der Waals surface area contributed by atoms with Crippen LogP contribution in [0.3, 0.4) is 0 Å². The van der Waals surface area contributed by atoms with Crippen molar-refractivity contribution in [3.05, 3.63) is 0 Å². The lowest BCUT2D eigenvalue weighted by Gasteiger charge is -2.30. The van der Waals surface area contributed by atoms with Crippen LogP contribution in [0, 0.1) is 11.3 Å². The van der Waals surface area contributed by atoms with Crippen LogP contribution < -0.4 is 0 Å². The minimum atomic E-state index is -4.72. The first-order valence-electron chi connectivity index (χ1n) is 6.05. The zero-order valence-corrected chi connectivity index (χ0v) is 11.7. The summed E-state index contributed by atoms with van der Waals surface area (Å²) >= 11 is 0. The Labute approximate surface area is 114 Å². The first-order valence-corrected chi connectivity index (χ1v) is 6.05. The van der Waals surface area contributed by atoms with Crippen molar-refractivity contribution < 1.29 is 32.6 Å². The number of carbonyl (C=O) groups excluding carboxylic acids is 1. The number of halogens is 3. The molecule has 1 heterocycles. The Kier molecular flexibility index (Phi) is 4.00. The number of carboxylic acids is 1. The Hall–Kier alpha value is -1.47. The van der Waals surface area contributed by atoms with Gasteiger partial charge in [0.1, 0.15) is 5.60 Å². The minimum absolute atomic E-state index is 0.514. The van der Waals surface area contributed by atoms with Crippen molar-refractivity contribution in [2.75, 3.05) is 13.1 Å². The molecule has 20 heavy (non-hydrogen) atoms. The number of ether oxygens (including phenoxy) is 1. The molecule has 1 N–H and O–H groups in total. The molecule has 1 aliphatic rings. The van der Waals surface area contributed by atoms with Crippen molar-refractivity contribution >= 4 is 12.1 Å². The highest BCUT2D eigenvalue weighted by molar-refractivity contribution is 5.75. The fraction of sp³-hybridized carbons (Fsp3) is 0.833. The van der Waals surface area contributed by atoms with Gasteiger partial charge in [-0.15, -0.1) is 0 Å². The van der Waals surface area contributed by atoms with Gasteiger partial charge in [0.2, 0.25) is 0 Å². The van der Waals surface area contributed by atoms with Crippen molar-refractivity contribution in [2.45, 2.75) is 39.5 Å². The van der Waals surface area contributed by atoms with Crippen molar-refractivity contribution in [3.63, 3.8) is 0 Å². The summed E-state index contributed by atoms with van der Waals surface area (Å²) in [4.78, 5) is 23.6. The highest BCUT2D eigenvalue weighted by atomic mass is 19.4. The predicted molar refractivity (Wildman–Crippen MR) is 63.1 cm³/mol. The predicted octanol–water partition coefficient (Wildman–Crippen LogP) is 2.51. The van der Waals surface area contributed by atoms with E-state index in [1.165, 1.54) is 0 Å². The van der Waals surface area contributed by atoms with Crippen LogP contribution in [0.1, 0.15) is 27.7 Å². The molecule has 1 fully saturated rings. The topological polar surface area (TPSA) is 66.8 Å². The van der Waals surface area contributed by atoms with Crippen molar-refractivity contribution in [1.82, 2.24) is 4.90 Å². The molecule has 0 aromatic carbocycles. The Morgan fingerprint density at radius 2 is 1.80 bits per heavy atom. The van der Waals surface area contributed by atoms with E-state index in [2.05, 4.69) is 0 Å². The molecule has 0 bridgehead atoms. The van der Waals surface area contributed by atoms with Gasteiger partial charge in [0.05, 0.1) is 11.3 Å². The van der Waals surface area contributed by atoms with Crippen LogP contribution in [0.25, 0.3) is 0 Å². The fourth-order valence-electron chi connectivity index (χ4n) is 2.10. The number of nitrogens with zero attached hydrogens (tertiary/aromatic N) is 1. The third-order valence-corrected chi connectivity index (χ3v) is 3.29. The number of alkyl halides is 3. The van der Waals surface area contributed by atoms with Crippen molar-refractivity contribution in [2.24, 2.45) is 11.3 Å². The zero-order valence-electron chi connectivity index (χ0n) is 11.7. The van der Waals surface area contributed by atoms with Gasteiger partial charge in [-0.25, -0.2) is 4.79 Å². The summed E-state index contributed by atoms with van der Waals surface area (Å²) in [6, 6.07) is 0. The van der Waals surface area contributed by atoms with Gasteiger partial charge in [-0.05, 0) is 27.7 Å². The first kappa shape index (κ1) is 16.6. The Morgan fingerprint density at radius 1 is 1.30 bits per heavy atom. The van der Waals surface area contributed by atoms with Gasteiger partial charge >= 0.3 is 18.2 Å². The molecule has 8 heteroatoms. The van der Waals surface area contributed by atoms with E-state index >= 15 is 0 Å². The van der Waals surface area contributed by atoms with Crippen LogP contribution in [0.15, 0.2) is 0 Å². The van der Waals surface area contributed by atoms with Gasteiger partial charge in [0, 0.05) is 13.1 Å². The number of aliphatic carboxylic acids is 1. The van der Waals surface area contributed by atoms with E-state index in [4.69, 9.17) is 9.84 Å². The number of carbonyl (C=O) groups is 2. The van der Waals surface area contributed by atoms with E-state index in [1.54, 1.807) is 20.8 Å². The van der Waals surface area contributed by atoms with Crippen LogP contribution in [-0.2, 0) is 9.53 Å². The lowest BCUT2D eigenvalue weighted by molar-refractivity contribution is -0.228. The molecule has 0 unspecified atom stereocenters. The number of rotatable bonds is 1. The minimum Gasteiger partial charge on any atom is -0.481 e. The quantitative estimate of drug-likeness (QED) is 0.807. The summed E-state index contributed by atoms with van der Waals surface area (Å²) in [6.45, 7) is 4.33. The third-order valence-electron chi connectivity index (χ3n) is 3.29. The second-order valence-corrected chi connectivity index (χ2v) is 6.17. The van der Waals surface area contributed by atoms with Gasteiger partial charge in [0.25, 0.3) is 0 Å². The summed E-state index contributed by atoms with van der Waals surface area (Å²) in [5.41, 5.74) is -3.33. The van der Waals surface area contributed by atoms with Crippen LogP contribution >= 0.6 is 0 Å². The van der Waals surface area contributed by atoms with Crippen LogP contribution in [0.5, 0.6) is 0 Å². The molecule has 0 aliphatic carbocycles. The van der Waals surface area contributed by atoms with E-state index in [0.717, 1.165) is 11.8 Å². The average Bonchev–Trinajstić information content (AvgIpc) is 2.54. The highest BCUT2D eigenvalue weighted by Crippen LogP contribution is 2.48. The largest absolute Gasteiger partial charge is 0.481 e. The molecule has 0 spiro atoms. The lowest BCUT2D eigenvalue weighted by Crippen LogP contribution is -2.45. The third kappa shape index (κ3) is 3.16. The van der Waals surface area contributed by atoms with Gasteiger partial charge in [-0.3, -0.25) is 4.79 Å². The molecule has 0 aromatic heterocycles. The second-order valence-electron chi connectivity index (χ2n) is 6.17. The standard InChI is InChI=1S/C12H18F3NO4/c1-10(2,3)20-9(19)16-5-7(8(17)18)11(4,6-16)12(13,14)15/h7H,5-6H2,1-4H3,(H,17,18)/t7-,11-/m1/s1. The van der Waals surface area contributed by atoms with E-state index in [0.29, 0.717) is 0 Å². The summed E-state index contributed by atoms with van der Waals surface area (Å²) < 4.78 is 44.2. The van der Waals surface area contributed by atoms with Crippen molar-refractivity contribution in [3.8, 4) is 0 Å². The molecule has 1 saturated heterocycles. The fourth-order valence-corrected chi connectivity index (χ4v) is 2.10. The lowest BCUT2D eigenvalue weighted by atomic mass is 9.79. The molecule has 1 amide bonds. The summed E-state index contributed by atoms with van der Waals surface area (Å²) in [7, 11) is 0. The maximum Gasteiger partial charge on any atom is 0.410 e. The Bertz CT molecular complexity index is 416. The normalized spacial score (nSPS) is 27.6.